The van der Waals surface area contributed by atoms with Gasteiger partial charge in [-0.3, -0.25) is 0 Å². The second-order valence-electron chi connectivity index (χ2n) is 11.4. The molecule has 0 saturated heterocycles. The first-order chi connectivity index (χ1) is 17.9. The minimum absolute atomic E-state index is 0.0366. The van der Waals surface area contributed by atoms with E-state index in [1.165, 1.54) is 6.08 Å². The fraction of sp³-hybridized carbons (Fsp3) is 0.656. The lowest BCUT2D eigenvalue weighted by molar-refractivity contribution is -0.150. The van der Waals surface area contributed by atoms with Crippen LogP contribution in [-0.2, 0) is 9.53 Å². The topological polar surface area (TPSA) is 107 Å². The van der Waals surface area contributed by atoms with Crippen LogP contribution in [-0.4, -0.2) is 56.9 Å². The summed E-state index contributed by atoms with van der Waals surface area (Å²) in [4.78, 5) is 12.6. The Morgan fingerprint density at radius 1 is 0.921 bits per heavy atom. The van der Waals surface area contributed by atoms with Crippen LogP contribution < -0.4 is 0 Å². The molecule has 1 rings (SSSR count). The predicted molar refractivity (Wildman–Crippen MR) is 154 cm³/mol. The van der Waals surface area contributed by atoms with Crippen LogP contribution in [0.5, 0.6) is 0 Å². The summed E-state index contributed by atoms with van der Waals surface area (Å²) in [5.74, 6) is -0.976. The highest BCUT2D eigenvalue weighted by Gasteiger charge is 2.31. The molecule has 6 heteroatoms. The minimum Gasteiger partial charge on any atom is -0.458 e. The lowest BCUT2D eigenvalue weighted by Gasteiger charge is -2.31. The number of ether oxygens (including phenoxy) is 1. The molecule has 6 nitrogen and oxygen atoms in total. The first-order valence-corrected chi connectivity index (χ1v) is 14.1. The van der Waals surface area contributed by atoms with Crippen LogP contribution in [0.3, 0.4) is 0 Å². The maximum Gasteiger partial charge on any atom is 0.331 e. The van der Waals surface area contributed by atoms with Gasteiger partial charge in [-0.2, -0.15) is 0 Å². The number of esters is 1. The Morgan fingerprint density at radius 2 is 1.61 bits per heavy atom. The number of cyclic esters (lactones) is 1. The van der Waals surface area contributed by atoms with Crippen molar-refractivity contribution in [3.63, 3.8) is 0 Å². The predicted octanol–water partition coefficient (Wildman–Crippen LogP) is 5.14. The lowest BCUT2D eigenvalue weighted by Crippen LogP contribution is -2.37. The van der Waals surface area contributed by atoms with E-state index in [-0.39, 0.29) is 41.9 Å². The average Bonchev–Trinajstić information content (AvgIpc) is 2.88. The third-order valence-electron chi connectivity index (χ3n) is 7.78. The van der Waals surface area contributed by atoms with E-state index in [1.807, 2.05) is 52.8 Å². The fourth-order valence-electron chi connectivity index (χ4n) is 5.04. The highest BCUT2D eigenvalue weighted by atomic mass is 16.5. The standard InChI is InChI=1S/C32H52O6/c1-8-9-12-24(5)32-26(7)28(34)18-15-21(2)19-25(6)31(37)23(4)16-17-27(33)20-29(35)22(3)13-10-11-14-30(36)38-32/h8-14,16-17,21-29,31-35,37H,1,15,18-20H2,2-7H3/b12-9-,13-10+,14-11-,17-16-/t21-,22-,23+,24+,25+,26+,27-,28-,29+,31+,32+/m1/s1. The Labute approximate surface area is 230 Å². The van der Waals surface area contributed by atoms with Crippen LogP contribution in [0.25, 0.3) is 0 Å². The number of aliphatic hydroxyl groups is 4. The van der Waals surface area contributed by atoms with Crippen molar-refractivity contribution in [2.75, 3.05) is 0 Å². The van der Waals surface area contributed by atoms with Gasteiger partial charge in [-0.1, -0.05) is 96.7 Å². The Bertz CT molecular complexity index is 815. The molecule has 0 radical (unpaired) electrons. The van der Waals surface area contributed by atoms with Gasteiger partial charge in [-0.05, 0) is 31.1 Å². The van der Waals surface area contributed by atoms with Crippen molar-refractivity contribution in [2.45, 2.75) is 97.7 Å². The lowest BCUT2D eigenvalue weighted by atomic mass is 9.82. The molecule has 0 unspecified atom stereocenters. The summed E-state index contributed by atoms with van der Waals surface area (Å²) in [6.45, 7) is 15.5. The van der Waals surface area contributed by atoms with E-state index in [0.717, 1.165) is 12.8 Å². The molecule has 0 spiro atoms. The average molecular weight is 533 g/mol. The molecule has 0 aromatic rings. The molecule has 4 N–H and O–H groups in total. The van der Waals surface area contributed by atoms with Crippen LogP contribution in [0.4, 0.5) is 0 Å². The zero-order chi connectivity index (χ0) is 28.8. The first kappa shape index (κ1) is 34.0. The largest absolute Gasteiger partial charge is 0.458 e. The second-order valence-corrected chi connectivity index (χ2v) is 11.4. The molecule has 0 bridgehead atoms. The smallest absolute Gasteiger partial charge is 0.331 e. The zero-order valence-electron chi connectivity index (χ0n) is 24.2. The maximum atomic E-state index is 12.6. The highest BCUT2D eigenvalue weighted by Crippen LogP contribution is 2.28. The van der Waals surface area contributed by atoms with Crippen molar-refractivity contribution in [1.29, 1.82) is 0 Å². The van der Waals surface area contributed by atoms with Crippen molar-refractivity contribution < 1.29 is 30.0 Å². The van der Waals surface area contributed by atoms with E-state index in [2.05, 4.69) is 13.5 Å². The number of carbonyl (C=O) groups excluding carboxylic acids is 1. The molecule has 216 valence electrons. The summed E-state index contributed by atoms with van der Waals surface area (Å²) >= 11 is 0. The molecule has 0 aromatic carbocycles. The second kappa shape index (κ2) is 17.6. The number of carbonyl (C=O) groups is 1. The van der Waals surface area contributed by atoms with E-state index in [9.17, 15) is 25.2 Å². The minimum atomic E-state index is -0.828. The van der Waals surface area contributed by atoms with E-state index >= 15 is 0 Å². The number of hydrogen-bond acceptors (Lipinski definition) is 6. The third kappa shape index (κ3) is 12.2. The quantitative estimate of drug-likeness (QED) is 0.228. The van der Waals surface area contributed by atoms with E-state index in [4.69, 9.17) is 4.74 Å². The van der Waals surface area contributed by atoms with Crippen LogP contribution in [0.2, 0.25) is 0 Å². The molecule has 0 saturated carbocycles. The summed E-state index contributed by atoms with van der Waals surface area (Å²) in [6, 6.07) is 0. The first-order valence-electron chi connectivity index (χ1n) is 14.1. The Morgan fingerprint density at radius 3 is 2.26 bits per heavy atom. The van der Waals surface area contributed by atoms with Crippen molar-refractivity contribution in [3.05, 3.63) is 61.3 Å². The van der Waals surface area contributed by atoms with Gasteiger partial charge in [0.05, 0.1) is 24.4 Å². The Hall–Kier alpha value is -1.99. The van der Waals surface area contributed by atoms with E-state index < -0.39 is 36.5 Å². The number of rotatable bonds is 3. The van der Waals surface area contributed by atoms with Crippen molar-refractivity contribution in [2.24, 2.45) is 35.5 Å². The molecule has 1 aliphatic heterocycles. The Balaban J connectivity index is 3.17. The van der Waals surface area contributed by atoms with E-state index in [0.29, 0.717) is 6.42 Å². The molecule has 38 heavy (non-hydrogen) atoms. The van der Waals surface area contributed by atoms with Gasteiger partial charge in [0.2, 0.25) is 0 Å². The van der Waals surface area contributed by atoms with Crippen LogP contribution >= 0.6 is 0 Å². The van der Waals surface area contributed by atoms with Gasteiger partial charge in [-0.25, -0.2) is 4.79 Å². The van der Waals surface area contributed by atoms with Gasteiger partial charge in [0.15, 0.2) is 0 Å². The SMILES string of the molecule is C=C/C=C\[C@H](C)[C@@H]1OC(=O)/C=C\C=C\[C@@H](C)[C@@H](O)C[C@H](O)/C=C\[C@H](C)[C@H](O)[C@@H](C)C[C@H](C)CC[C@@H](O)[C@@H]1C. The van der Waals surface area contributed by atoms with E-state index in [1.54, 1.807) is 30.4 Å². The molecular formula is C32H52O6. The van der Waals surface area contributed by atoms with Crippen molar-refractivity contribution in [1.82, 2.24) is 0 Å². The molecule has 1 heterocycles. The molecule has 11 atom stereocenters. The van der Waals surface area contributed by atoms with Gasteiger partial charge in [0, 0.05) is 36.2 Å². The molecule has 0 amide bonds. The summed E-state index contributed by atoms with van der Waals surface area (Å²) in [5.41, 5.74) is 0. The molecular weight excluding hydrogens is 480 g/mol. The summed E-state index contributed by atoms with van der Waals surface area (Å²) in [7, 11) is 0. The maximum absolute atomic E-state index is 12.6. The number of hydrogen-bond donors (Lipinski definition) is 4. The molecule has 0 aromatic heterocycles. The van der Waals surface area contributed by atoms with Gasteiger partial charge in [0.25, 0.3) is 0 Å². The number of allylic oxidation sites excluding steroid dienone is 4. The van der Waals surface area contributed by atoms with Gasteiger partial charge < -0.3 is 25.2 Å². The normalized spacial score (nSPS) is 40.7. The van der Waals surface area contributed by atoms with Crippen LogP contribution in [0, 0.1) is 35.5 Å². The monoisotopic (exact) mass is 532 g/mol. The van der Waals surface area contributed by atoms with Gasteiger partial charge >= 0.3 is 5.97 Å². The summed E-state index contributed by atoms with van der Waals surface area (Å²) in [5, 5.41) is 42.7. The van der Waals surface area contributed by atoms with Crippen molar-refractivity contribution >= 4 is 5.97 Å². The fourth-order valence-corrected chi connectivity index (χ4v) is 5.04. The number of aliphatic hydroxyl groups excluding tert-OH is 4. The van der Waals surface area contributed by atoms with Gasteiger partial charge in [0.1, 0.15) is 6.10 Å². The van der Waals surface area contributed by atoms with Crippen molar-refractivity contribution in [3.8, 4) is 0 Å². The van der Waals surface area contributed by atoms with Gasteiger partial charge in [-0.15, -0.1) is 0 Å². The zero-order valence-corrected chi connectivity index (χ0v) is 24.2. The molecule has 1 aliphatic rings. The summed E-state index contributed by atoms with van der Waals surface area (Å²) < 4.78 is 5.81. The van der Waals surface area contributed by atoms with Crippen LogP contribution in [0.1, 0.15) is 67.2 Å². The molecule has 0 fully saturated rings. The third-order valence-corrected chi connectivity index (χ3v) is 7.78. The summed E-state index contributed by atoms with van der Waals surface area (Å²) in [6.07, 6.45) is 14.2. The highest BCUT2D eigenvalue weighted by molar-refractivity contribution is 5.82. The Kier molecular flexibility index (Phi) is 15.7. The van der Waals surface area contributed by atoms with Crippen LogP contribution in [0.15, 0.2) is 61.3 Å². The molecule has 0 aliphatic carbocycles.